The van der Waals surface area contributed by atoms with Gasteiger partial charge in [0.25, 0.3) is 0 Å². The summed E-state index contributed by atoms with van der Waals surface area (Å²) in [6.07, 6.45) is 3.29. The van der Waals surface area contributed by atoms with Gasteiger partial charge in [-0.15, -0.1) is 6.58 Å². The number of nitrogens with one attached hydrogen (secondary N) is 2. The molecule has 2 aromatic rings. The van der Waals surface area contributed by atoms with Crippen LogP contribution < -0.4 is 20.2 Å². The molecular formula is C19H19Cl2N3O2S. The van der Waals surface area contributed by atoms with Gasteiger partial charge in [0, 0.05) is 27.7 Å². The highest BCUT2D eigenvalue weighted by Crippen LogP contribution is 2.32. The van der Waals surface area contributed by atoms with Crippen LogP contribution in [0.2, 0.25) is 10.0 Å². The van der Waals surface area contributed by atoms with Crippen LogP contribution in [0.5, 0.6) is 11.5 Å². The maximum absolute atomic E-state index is 6.21. The van der Waals surface area contributed by atoms with Crippen LogP contribution in [-0.4, -0.2) is 25.0 Å². The van der Waals surface area contributed by atoms with Crippen LogP contribution in [0.4, 0.5) is 0 Å². The molecule has 5 nitrogen and oxygen atoms in total. The average Bonchev–Trinajstić information content (AvgIpc) is 2.66. The molecule has 142 valence electrons. The van der Waals surface area contributed by atoms with Gasteiger partial charge in [0.2, 0.25) is 0 Å². The number of methoxy groups -OCH3 is 1. The lowest BCUT2D eigenvalue weighted by molar-refractivity contribution is 0.284. The highest BCUT2D eigenvalue weighted by Gasteiger charge is 2.12. The van der Waals surface area contributed by atoms with Crippen molar-refractivity contribution < 1.29 is 9.47 Å². The van der Waals surface area contributed by atoms with Crippen LogP contribution in [0.15, 0.2) is 54.2 Å². The van der Waals surface area contributed by atoms with Crippen LogP contribution in [-0.2, 0) is 6.61 Å². The molecule has 0 saturated carbocycles. The average molecular weight is 424 g/mol. The summed E-state index contributed by atoms with van der Waals surface area (Å²) < 4.78 is 11.3. The Morgan fingerprint density at radius 3 is 2.59 bits per heavy atom. The molecule has 0 aliphatic carbocycles. The molecule has 0 atom stereocenters. The number of ether oxygens (including phenoxy) is 2. The van der Waals surface area contributed by atoms with Crippen molar-refractivity contribution in [3.05, 3.63) is 70.2 Å². The third-order valence-electron chi connectivity index (χ3n) is 3.43. The SMILES string of the molecule is C=CCNC(=S)N/N=C\c1cccc(OC)c1OCc1c(Cl)cccc1Cl. The largest absolute Gasteiger partial charge is 0.493 e. The van der Waals surface area contributed by atoms with Crippen molar-refractivity contribution in [1.29, 1.82) is 0 Å². The lowest BCUT2D eigenvalue weighted by atomic mass is 10.2. The van der Waals surface area contributed by atoms with Crippen molar-refractivity contribution in [3.63, 3.8) is 0 Å². The Balaban J connectivity index is 2.17. The first-order valence-electron chi connectivity index (χ1n) is 7.97. The zero-order valence-electron chi connectivity index (χ0n) is 14.7. The van der Waals surface area contributed by atoms with E-state index in [2.05, 4.69) is 22.4 Å². The van der Waals surface area contributed by atoms with Gasteiger partial charge in [0.05, 0.1) is 13.3 Å². The van der Waals surface area contributed by atoms with Gasteiger partial charge in [-0.3, -0.25) is 5.43 Å². The molecule has 0 radical (unpaired) electrons. The predicted molar refractivity (Wildman–Crippen MR) is 115 cm³/mol. The molecule has 0 amide bonds. The van der Waals surface area contributed by atoms with Crippen molar-refractivity contribution >= 4 is 46.7 Å². The first kappa shape index (κ1) is 21.0. The molecule has 2 rings (SSSR count). The van der Waals surface area contributed by atoms with E-state index in [1.54, 1.807) is 43.7 Å². The Kier molecular flexibility index (Phi) is 8.39. The predicted octanol–water partition coefficient (Wildman–Crippen LogP) is 4.57. The lowest BCUT2D eigenvalue weighted by Gasteiger charge is -2.14. The first-order chi connectivity index (χ1) is 13.1. The maximum atomic E-state index is 6.21. The fourth-order valence-electron chi connectivity index (χ4n) is 2.13. The van der Waals surface area contributed by atoms with E-state index >= 15 is 0 Å². The standard InChI is InChI=1S/C19H19Cl2N3O2S/c1-3-10-22-19(27)24-23-11-13-6-4-9-17(25-2)18(13)26-12-14-15(20)7-5-8-16(14)21/h3-9,11H,1,10,12H2,2H3,(H2,22,24,27)/b23-11-. The van der Waals surface area contributed by atoms with Crippen molar-refractivity contribution in [3.8, 4) is 11.5 Å². The van der Waals surface area contributed by atoms with Gasteiger partial charge >= 0.3 is 0 Å². The second kappa shape index (κ2) is 10.8. The van der Waals surface area contributed by atoms with Crippen LogP contribution in [0.25, 0.3) is 0 Å². The molecule has 0 aliphatic heterocycles. The summed E-state index contributed by atoms with van der Waals surface area (Å²) in [6, 6.07) is 10.8. The molecule has 0 spiro atoms. The zero-order valence-corrected chi connectivity index (χ0v) is 17.0. The number of benzene rings is 2. The summed E-state index contributed by atoms with van der Waals surface area (Å²) in [5, 5.41) is 8.50. The van der Waals surface area contributed by atoms with Crippen molar-refractivity contribution in [2.45, 2.75) is 6.61 Å². The summed E-state index contributed by atoms with van der Waals surface area (Å²) in [6.45, 7) is 4.35. The molecule has 0 bridgehead atoms. The molecule has 0 heterocycles. The second-order valence-corrected chi connectivity index (χ2v) is 6.46. The van der Waals surface area contributed by atoms with Crippen LogP contribution in [0.1, 0.15) is 11.1 Å². The summed E-state index contributed by atoms with van der Waals surface area (Å²) in [5.41, 5.74) is 4.13. The van der Waals surface area contributed by atoms with Crippen LogP contribution in [0, 0.1) is 0 Å². The molecular weight excluding hydrogens is 405 g/mol. The van der Waals surface area contributed by atoms with Gasteiger partial charge in [-0.25, -0.2) is 0 Å². The normalized spacial score (nSPS) is 10.5. The van der Waals surface area contributed by atoms with E-state index in [4.69, 9.17) is 44.9 Å². The minimum atomic E-state index is 0.187. The summed E-state index contributed by atoms with van der Waals surface area (Å²) in [4.78, 5) is 0. The van der Waals surface area contributed by atoms with Gasteiger partial charge in [-0.05, 0) is 36.5 Å². The quantitative estimate of drug-likeness (QED) is 0.282. The number of thiocarbonyl (C=S) groups is 1. The summed E-state index contributed by atoms with van der Waals surface area (Å²) in [7, 11) is 1.57. The molecule has 0 fully saturated rings. The monoisotopic (exact) mass is 423 g/mol. The summed E-state index contributed by atoms with van der Waals surface area (Å²) >= 11 is 17.5. The number of hydrogen-bond acceptors (Lipinski definition) is 4. The van der Waals surface area contributed by atoms with Gasteiger partial charge in [0.15, 0.2) is 16.6 Å². The lowest BCUT2D eigenvalue weighted by Crippen LogP contribution is -2.31. The molecule has 0 aliphatic rings. The van der Waals surface area contributed by atoms with Gasteiger partial charge in [-0.2, -0.15) is 5.10 Å². The second-order valence-electron chi connectivity index (χ2n) is 5.24. The van der Waals surface area contributed by atoms with E-state index < -0.39 is 0 Å². The highest BCUT2D eigenvalue weighted by molar-refractivity contribution is 7.80. The molecule has 0 unspecified atom stereocenters. The van der Waals surface area contributed by atoms with Gasteiger partial charge < -0.3 is 14.8 Å². The van der Waals surface area contributed by atoms with Crippen LogP contribution >= 0.6 is 35.4 Å². The van der Waals surface area contributed by atoms with Gasteiger partial charge in [0.1, 0.15) is 6.61 Å². The van der Waals surface area contributed by atoms with Gasteiger partial charge in [-0.1, -0.05) is 41.4 Å². The minimum Gasteiger partial charge on any atom is -0.493 e. The van der Waals surface area contributed by atoms with Crippen molar-refractivity contribution in [1.82, 2.24) is 10.7 Å². The minimum absolute atomic E-state index is 0.187. The zero-order chi connectivity index (χ0) is 19.6. The Bertz CT molecular complexity index is 823. The molecule has 0 saturated heterocycles. The number of para-hydroxylation sites is 1. The molecule has 2 N–H and O–H groups in total. The molecule has 2 aromatic carbocycles. The Hall–Kier alpha value is -2.28. The first-order valence-corrected chi connectivity index (χ1v) is 9.13. The number of hydrogen-bond donors (Lipinski definition) is 2. The fourth-order valence-corrected chi connectivity index (χ4v) is 2.77. The number of nitrogens with zero attached hydrogens (tertiary/aromatic N) is 1. The maximum Gasteiger partial charge on any atom is 0.187 e. The number of halogens is 2. The van der Waals surface area contributed by atoms with E-state index in [0.29, 0.717) is 44.3 Å². The number of rotatable bonds is 8. The van der Waals surface area contributed by atoms with Crippen molar-refractivity contribution in [2.75, 3.05) is 13.7 Å². The Morgan fingerprint density at radius 2 is 1.93 bits per heavy atom. The summed E-state index contributed by atoms with van der Waals surface area (Å²) in [5.74, 6) is 1.08. The molecule has 0 aromatic heterocycles. The Labute approximate surface area is 174 Å². The topological polar surface area (TPSA) is 54.9 Å². The van der Waals surface area contributed by atoms with E-state index in [1.165, 1.54) is 0 Å². The van der Waals surface area contributed by atoms with Crippen molar-refractivity contribution in [2.24, 2.45) is 5.10 Å². The van der Waals surface area contributed by atoms with E-state index in [0.717, 1.165) is 0 Å². The smallest absolute Gasteiger partial charge is 0.187 e. The molecule has 27 heavy (non-hydrogen) atoms. The van der Waals surface area contributed by atoms with E-state index in [-0.39, 0.29) is 6.61 Å². The fraction of sp³-hybridized carbons (Fsp3) is 0.158. The van der Waals surface area contributed by atoms with E-state index in [1.807, 2.05) is 12.1 Å². The third-order valence-corrected chi connectivity index (χ3v) is 4.37. The number of hydrazone groups is 1. The van der Waals surface area contributed by atoms with Crippen LogP contribution in [0.3, 0.4) is 0 Å². The third kappa shape index (κ3) is 6.13. The highest BCUT2D eigenvalue weighted by atomic mass is 35.5. The molecule has 8 heteroatoms. The van der Waals surface area contributed by atoms with E-state index in [9.17, 15) is 0 Å². The Morgan fingerprint density at radius 1 is 1.22 bits per heavy atom.